The third-order valence-electron chi connectivity index (χ3n) is 2.76. The minimum atomic E-state index is -0.219. The third-order valence-corrected chi connectivity index (χ3v) is 2.76. The van der Waals surface area contributed by atoms with Gasteiger partial charge in [0.05, 0.1) is 11.8 Å². The van der Waals surface area contributed by atoms with Gasteiger partial charge in [-0.1, -0.05) is 17.9 Å². The molecule has 2 aromatic rings. The molecule has 5 heteroatoms. The fourth-order valence-electron chi connectivity index (χ4n) is 1.71. The summed E-state index contributed by atoms with van der Waals surface area (Å²) < 4.78 is 1.57. The molecule has 0 unspecified atom stereocenters. The Morgan fingerprint density at radius 2 is 2.30 bits per heavy atom. The Hall–Kier alpha value is -2.58. The van der Waals surface area contributed by atoms with E-state index >= 15 is 0 Å². The lowest BCUT2D eigenvalue weighted by atomic mass is 10.1. The Bertz CT molecular complexity index is 693. The van der Waals surface area contributed by atoms with E-state index in [2.05, 4.69) is 22.3 Å². The summed E-state index contributed by atoms with van der Waals surface area (Å²) in [6, 6.07) is 5.47. The lowest BCUT2D eigenvalue weighted by molar-refractivity contribution is 0.102. The standard InChI is InChI=1S/C15H15N3O2/c1-11-5-6-14(8-12(11)4-3-7-19)17-15(20)13-9-16-18(2)10-13/h5-6,8-10,19H,7H2,1-2H3,(H,17,20). The Labute approximate surface area is 117 Å². The molecule has 102 valence electrons. The van der Waals surface area contributed by atoms with E-state index in [1.165, 1.54) is 6.20 Å². The van der Waals surface area contributed by atoms with Crippen LogP contribution in [0.5, 0.6) is 0 Å². The number of anilines is 1. The zero-order chi connectivity index (χ0) is 14.5. The zero-order valence-corrected chi connectivity index (χ0v) is 11.3. The summed E-state index contributed by atoms with van der Waals surface area (Å²) in [5.41, 5.74) is 2.93. The van der Waals surface area contributed by atoms with Crippen LogP contribution in [0.4, 0.5) is 5.69 Å². The largest absolute Gasteiger partial charge is 0.384 e. The highest BCUT2D eigenvalue weighted by Gasteiger charge is 2.08. The molecule has 1 aromatic heterocycles. The summed E-state index contributed by atoms with van der Waals surface area (Å²) in [6.45, 7) is 1.74. The number of benzene rings is 1. The number of aliphatic hydroxyl groups excluding tert-OH is 1. The van der Waals surface area contributed by atoms with E-state index in [4.69, 9.17) is 5.11 Å². The lowest BCUT2D eigenvalue weighted by Gasteiger charge is -2.06. The van der Waals surface area contributed by atoms with Crippen LogP contribution in [0.25, 0.3) is 0 Å². The number of hydrogen-bond donors (Lipinski definition) is 2. The van der Waals surface area contributed by atoms with E-state index in [9.17, 15) is 4.79 Å². The fraction of sp³-hybridized carbons (Fsp3) is 0.200. The summed E-state index contributed by atoms with van der Waals surface area (Å²) in [5, 5.41) is 15.5. The van der Waals surface area contributed by atoms with Gasteiger partial charge in [0.15, 0.2) is 0 Å². The monoisotopic (exact) mass is 269 g/mol. The van der Waals surface area contributed by atoms with Gasteiger partial charge in [0.1, 0.15) is 6.61 Å². The molecular weight excluding hydrogens is 254 g/mol. The average molecular weight is 269 g/mol. The molecule has 0 bridgehead atoms. The van der Waals surface area contributed by atoms with E-state index in [1.54, 1.807) is 24.0 Å². The summed E-state index contributed by atoms with van der Waals surface area (Å²) in [5.74, 6) is 5.23. The number of amides is 1. The Balaban J connectivity index is 2.19. The summed E-state index contributed by atoms with van der Waals surface area (Å²) >= 11 is 0. The number of aromatic nitrogens is 2. The van der Waals surface area contributed by atoms with Gasteiger partial charge in [-0.25, -0.2) is 0 Å². The van der Waals surface area contributed by atoms with Crippen molar-refractivity contribution in [3.05, 3.63) is 47.3 Å². The van der Waals surface area contributed by atoms with Crippen LogP contribution in [0.3, 0.4) is 0 Å². The van der Waals surface area contributed by atoms with Crippen molar-refractivity contribution in [3.8, 4) is 11.8 Å². The molecular formula is C15H15N3O2. The van der Waals surface area contributed by atoms with E-state index in [1.807, 2.05) is 19.1 Å². The highest BCUT2D eigenvalue weighted by molar-refractivity contribution is 6.04. The molecule has 0 aliphatic carbocycles. The molecule has 0 atom stereocenters. The van der Waals surface area contributed by atoms with Gasteiger partial charge in [-0.3, -0.25) is 9.48 Å². The molecule has 0 aliphatic heterocycles. The molecule has 2 rings (SSSR count). The molecule has 0 spiro atoms. The van der Waals surface area contributed by atoms with E-state index in [-0.39, 0.29) is 12.5 Å². The van der Waals surface area contributed by atoms with Crippen LogP contribution in [-0.2, 0) is 7.05 Å². The molecule has 2 N–H and O–H groups in total. The average Bonchev–Trinajstić information content (AvgIpc) is 2.86. The molecule has 0 saturated heterocycles. The Morgan fingerprint density at radius 3 is 2.95 bits per heavy atom. The smallest absolute Gasteiger partial charge is 0.258 e. The van der Waals surface area contributed by atoms with Crippen LogP contribution in [0.1, 0.15) is 21.5 Å². The van der Waals surface area contributed by atoms with Crippen molar-refractivity contribution in [2.45, 2.75) is 6.92 Å². The topological polar surface area (TPSA) is 67.2 Å². The maximum absolute atomic E-state index is 12.0. The molecule has 1 heterocycles. The second-order valence-corrected chi connectivity index (χ2v) is 4.35. The van der Waals surface area contributed by atoms with Crippen molar-refractivity contribution in [3.63, 3.8) is 0 Å². The second-order valence-electron chi connectivity index (χ2n) is 4.35. The molecule has 0 saturated carbocycles. The first kappa shape index (κ1) is 13.8. The second kappa shape index (κ2) is 6.04. The van der Waals surface area contributed by atoms with Gasteiger partial charge in [-0.05, 0) is 24.6 Å². The highest BCUT2D eigenvalue weighted by Crippen LogP contribution is 2.15. The lowest BCUT2D eigenvalue weighted by Crippen LogP contribution is -2.11. The van der Waals surface area contributed by atoms with Gasteiger partial charge in [-0.2, -0.15) is 5.10 Å². The molecule has 0 radical (unpaired) electrons. The number of aryl methyl sites for hydroxylation is 2. The highest BCUT2D eigenvalue weighted by atomic mass is 16.2. The molecule has 1 aromatic carbocycles. The summed E-state index contributed by atoms with van der Waals surface area (Å²) in [7, 11) is 1.76. The number of carbonyl (C=O) groups excluding carboxylic acids is 1. The number of aliphatic hydroxyl groups is 1. The quantitative estimate of drug-likeness (QED) is 0.808. The molecule has 0 fully saturated rings. The molecule has 1 amide bonds. The van der Waals surface area contributed by atoms with Crippen molar-refractivity contribution in [1.82, 2.24) is 9.78 Å². The van der Waals surface area contributed by atoms with Gasteiger partial charge in [-0.15, -0.1) is 0 Å². The summed E-state index contributed by atoms with van der Waals surface area (Å²) in [6.07, 6.45) is 3.16. The van der Waals surface area contributed by atoms with Gasteiger partial charge in [0.25, 0.3) is 5.91 Å². The van der Waals surface area contributed by atoms with Crippen LogP contribution in [0.15, 0.2) is 30.6 Å². The minimum absolute atomic E-state index is 0.189. The van der Waals surface area contributed by atoms with Gasteiger partial charge < -0.3 is 10.4 Å². The van der Waals surface area contributed by atoms with Crippen molar-refractivity contribution in [1.29, 1.82) is 0 Å². The zero-order valence-electron chi connectivity index (χ0n) is 11.3. The number of nitrogens with one attached hydrogen (secondary N) is 1. The first-order chi connectivity index (χ1) is 9.60. The van der Waals surface area contributed by atoms with Crippen LogP contribution in [0, 0.1) is 18.8 Å². The van der Waals surface area contributed by atoms with Crippen molar-refractivity contribution >= 4 is 11.6 Å². The van der Waals surface area contributed by atoms with E-state index in [0.29, 0.717) is 11.3 Å². The van der Waals surface area contributed by atoms with Gasteiger partial charge in [0, 0.05) is 24.5 Å². The van der Waals surface area contributed by atoms with Crippen molar-refractivity contribution in [2.24, 2.45) is 7.05 Å². The number of hydrogen-bond acceptors (Lipinski definition) is 3. The van der Waals surface area contributed by atoms with Crippen LogP contribution in [0.2, 0.25) is 0 Å². The van der Waals surface area contributed by atoms with Crippen LogP contribution in [-0.4, -0.2) is 27.4 Å². The Morgan fingerprint density at radius 1 is 1.50 bits per heavy atom. The molecule has 0 aliphatic rings. The van der Waals surface area contributed by atoms with Crippen LogP contribution < -0.4 is 5.32 Å². The fourth-order valence-corrected chi connectivity index (χ4v) is 1.71. The van der Waals surface area contributed by atoms with E-state index in [0.717, 1.165) is 11.1 Å². The predicted octanol–water partition coefficient (Wildman–Crippen LogP) is 1.32. The first-order valence-corrected chi connectivity index (χ1v) is 6.10. The SMILES string of the molecule is Cc1ccc(NC(=O)c2cnn(C)c2)cc1C#CCO. The maximum Gasteiger partial charge on any atom is 0.258 e. The first-order valence-electron chi connectivity index (χ1n) is 6.10. The third kappa shape index (κ3) is 3.25. The summed E-state index contributed by atoms with van der Waals surface area (Å²) in [4.78, 5) is 12.0. The number of rotatable bonds is 2. The van der Waals surface area contributed by atoms with Crippen molar-refractivity contribution in [2.75, 3.05) is 11.9 Å². The van der Waals surface area contributed by atoms with Crippen molar-refractivity contribution < 1.29 is 9.90 Å². The number of nitrogens with zero attached hydrogens (tertiary/aromatic N) is 2. The molecule has 20 heavy (non-hydrogen) atoms. The minimum Gasteiger partial charge on any atom is -0.384 e. The molecule has 5 nitrogen and oxygen atoms in total. The Kier molecular flexibility index (Phi) is 4.18. The normalized spacial score (nSPS) is 9.75. The van der Waals surface area contributed by atoms with E-state index < -0.39 is 0 Å². The predicted molar refractivity (Wildman–Crippen MR) is 76.3 cm³/mol. The van der Waals surface area contributed by atoms with Crippen LogP contribution >= 0.6 is 0 Å². The number of carbonyl (C=O) groups is 1. The van der Waals surface area contributed by atoms with Gasteiger partial charge >= 0.3 is 0 Å². The van der Waals surface area contributed by atoms with Gasteiger partial charge in [0.2, 0.25) is 0 Å². The maximum atomic E-state index is 12.0.